The van der Waals surface area contributed by atoms with Gasteiger partial charge in [0.05, 0.1) is 11.0 Å². The SMILES string of the molecule is Fc1ccc2nc3ccc(F)cc3c(C(=S)Oc3ccccc3)c2c1. The molecule has 0 spiro atoms. The average Bonchev–Trinajstić information content (AvgIpc) is 2.60. The lowest BCUT2D eigenvalue weighted by molar-refractivity contribution is 0.567. The smallest absolute Gasteiger partial charge is 0.199 e. The molecule has 0 amide bonds. The van der Waals surface area contributed by atoms with Crippen molar-refractivity contribution in [1.82, 2.24) is 4.98 Å². The van der Waals surface area contributed by atoms with Gasteiger partial charge >= 0.3 is 0 Å². The summed E-state index contributed by atoms with van der Waals surface area (Å²) >= 11 is 5.45. The van der Waals surface area contributed by atoms with Crippen LogP contribution in [-0.2, 0) is 0 Å². The number of benzene rings is 3. The van der Waals surface area contributed by atoms with Crippen molar-refractivity contribution < 1.29 is 13.5 Å². The number of halogens is 2. The van der Waals surface area contributed by atoms with Crippen LogP contribution in [0.4, 0.5) is 8.78 Å². The molecular formula is C20H11F2NOS. The van der Waals surface area contributed by atoms with Gasteiger partial charge in [0, 0.05) is 16.3 Å². The van der Waals surface area contributed by atoms with E-state index in [9.17, 15) is 8.78 Å². The number of nitrogens with zero attached hydrogens (tertiary/aromatic N) is 1. The van der Waals surface area contributed by atoms with Crippen LogP contribution in [0.15, 0.2) is 66.7 Å². The topological polar surface area (TPSA) is 22.1 Å². The highest BCUT2D eigenvalue weighted by molar-refractivity contribution is 7.80. The van der Waals surface area contributed by atoms with E-state index in [1.54, 1.807) is 24.3 Å². The summed E-state index contributed by atoms with van der Waals surface area (Å²) in [4.78, 5) is 4.46. The predicted octanol–water partition coefficient (Wildman–Crippen LogP) is 5.42. The number of hydrogen-bond donors (Lipinski definition) is 0. The van der Waals surface area contributed by atoms with E-state index in [0.29, 0.717) is 33.1 Å². The Morgan fingerprint density at radius 1 is 0.800 bits per heavy atom. The van der Waals surface area contributed by atoms with Crippen LogP contribution in [0.5, 0.6) is 5.75 Å². The number of aromatic nitrogens is 1. The second-order valence-electron chi connectivity index (χ2n) is 5.51. The fourth-order valence-electron chi connectivity index (χ4n) is 2.75. The minimum Gasteiger partial charge on any atom is -0.445 e. The molecular weight excluding hydrogens is 340 g/mol. The lowest BCUT2D eigenvalue weighted by atomic mass is 10.0. The summed E-state index contributed by atoms with van der Waals surface area (Å²) in [5.74, 6) is -0.291. The maximum absolute atomic E-state index is 13.8. The highest BCUT2D eigenvalue weighted by Gasteiger charge is 2.16. The zero-order valence-corrected chi connectivity index (χ0v) is 13.7. The third-order valence-electron chi connectivity index (χ3n) is 3.85. The molecule has 0 saturated heterocycles. The van der Waals surface area contributed by atoms with Gasteiger partial charge in [0.1, 0.15) is 17.4 Å². The molecule has 0 bridgehead atoms. The first-order valence-electron chi connectivity index (χ1n) is 7.57. The van der Waals surface area contributed by atoms with Crippen LogP contribution in [0.2, 0.25) is 0 Å². The van der Waals surface area contributed by atoms with E-state index in [0.717, 1.165) is 0 Å². The summed E-state index contributed by atoms with van der Waals surface area (Å²) < 4.78 is 33.4. The summed E-state index contributed by atoms with van der Waals surface area (Å²) in [6.07, 6.45) is 0. The highest BCUT2D eigenvalue weighted by Crippen LogP contribution is 2.29. The summed E-state index contributed by atoms with van der Waals surface area (Å²) in [5, 5.41) is 1.11. The quantitative estimate of drug-likeness (QED) is 0.356. The molecule has 4 rings (SSSR count). The molecule has 0 aliphatic carbocycles. The maximum Gasteiger partial charge on any atom is 0.199 e. The van der Waals surface area contributed by atoms with E-state index < -0.39 is 11.6 Å². The van der Waals surface area contributed by atoms with Crippen LogP contribution in [0.3, 0.4) is 0 Å². The number of ether oxygens (including phenoxy) is 1. The molecule has 0 saturated carbocycles. The first-order valence-corrected chi connectivity index (χ1v) is 7.98. The van der Waals surface area contributed by atoms with Crippen molar-refractivity contribution in [2.75, 3.05) is 0 Å². The van der Waals surface area contributed by atoms with Crippen molar-refractivity contribution >= 4 is 39.1 Å². The fourth-order valence-corrected chi connectivity index (χ4v) is 3.07. The fraction of sp³-hybridized carbons (Fsp3) is 0. The second-order valence-corrected chi connectivity index (χ2v) is 5.88. The third kappa shape index (κ3) is 2.94. The number of fused-ring (bicyclic) bond motifs is 2. The minimum absolute atomic E-state index is 0.139. The third-order valence-corrected chi connectivity index (χ3v) is 4.14. The van der Waals surface area contributed by atoms with Gasteiger partial charge in [0.15, 0.2) is 5.05 Å². The van der Waals surface area contributed by atoms with Gasteiger partial charge in [-0.15, -0.1) is 0 Å². The monoisotopic (exact) mass is 351 g/mol. The molecule has 0 fully saturated rings. The van der Waals surface area contributed by atoms with Gasteiger partial charge in [-0.25, -0.2) is 13.8 Å². The molecule has 0 radical (unpaired) electrons. The van der Waals surface area contributed by atoms with Gasteiger partial charge in [-0.2, -0.15) is 0 Å². The zero-order valence-electron chi connectivity index (χ0n) is 12.9. The summed E-state index contributed by atoms with van der Waals surface area (Å²) in [6, 6.07) is 17.5. The number of para-hydroxylation sites is 1. The summed E-state index contributed by atoms with van der Waals surface area (Å²) in [7, 11) is 0. The van der Waals surface area contributed by atoms with Crippen LogP contribution in [0.1, 0.15) is 5.56 Å². The molecule has 25 heavy (non-hydrogen) atoms. The number of pyridine rings is 1. The molecule has 2 nitrogen and oxygen atoms in total. The van der Waals surface area contributed by atoms with Gasteiger partial charge in [-0.3, -0.25) is 0 Å². The lowest BCUT2D eigenvalue weighted by Gasteiger charge is -2.13. The Morgan fingerprint density at radius 3 is 1.92 bits per heavy atom. The Hall–Kier alpha value is -2.92. The molecule has 5 heteroatoms. The molecule has 122 valence electrons. The van der Waals surface area contributed by atoms with Gasteiger partial charge in [0.25, 0.3) is 0 Å². The van der Waals surface area contributed by atoms with Crippen molar-refractivity contribution in [3.8, 4) is 5.75 Å². The Kier molecular flexibility index (Phi) is 3.86. The normalized spacial score (nSPS) is 11.0. The van der Waals surface area contributed by atoms with Crippen LogP contribution in [-0.4, -0.2) is 10.0 Å². The second kappa shape index (κ2) is 6.18. The Labute approximate surface area is 147 Å². The largest absolute Gasteiger partial charge is 0.445 e. The number of hydrogen-bond acceptors (Lipinski definition) is 3. The van der Waals surface area contributed by atoms with Crippen molar-refractivity contribution in [3.63, 3.8) is 0 Å². The Morgan fingerprint density at radius 2 is 1.36 bits per heavy atom. The highest BCUT2D eigenvalue weighted by atomic mass is 32.1. The van der Waals surface area contributed by atoms with Gasteiger partial charge in [-0.05, 0) is 60.7 Å². The number of rotatable bonds is 2. The zero-order chi connectivity index (χ0) is 17.4. The van der Waals surface area contributed by atoms with Crippen LogP contribution >= 0.6 is 12.2 Å². The van der Waals surface area contributed by atoms with Gasteiger partial charge < -0.3 is 4.74 Å². The molecule has 0 unspecified atom stereocenters. The maximum atomic E-state index is 13.8. The lowest BCUT2D eigenvalue weighted by Crippen LogP contribution is -2.09. The van der Waals surface area contributed by atoms with E-state index in [1.807, 2.05) is 18.2 Å². The molecule has 3 aromatic carbocycles. The molecule has 0 N–H and O–H groups in total. The van der Waals surface area contributed by atoms with Crippen LogP contribution < -0.4 is 4.74 Å². The molecule has 4 aromatic rings. The first kappa shape index (κ1) is 15.6. The Bertz CT molecular complexity index is 1050. The standard InChI is InChI=1S/C20H11F2NOS/c21-12-6-8-17-15(10-12)19(16-11-13(22)7-9-18(16)23-17)20(25)24-14-4-2-1-3-5-14/h1-11H. The summed E-state index contributed by atoms with van der Waals surface area (Å²) in [5.41, 5.74) is 1.59. The van der Waals surface area contributed by atoms with E-state index in [4.69, 9.17) is 17.0 Å². The molecule has 0 atom stereocenters. The molecule has 1 heterocycles. The van der Waals surface area contributed by atoms with Gasteiger partial charge in [0.2, 0.25) is 0 Å². The van der Waals surface area contributed by atoms with Crippen LogP contribution in [0.25, 0.3) is 21.8 Å². The molecule has 0 aliphatic rings. The minimum atomic E-state index is -0.422. The Balaban J connectivity index is 1.98. The van der Waals surface area contributed by atoms with Crippen molar-refractivity contribution in [1.29, 1.82) is 0 Å². The van der Waals surface area contributed by atoms with Crippen molar-refractivity contribution in [2.24, 2.45) is 0 Å². The van der Waals surface area contributed by atoms with E-state index in [2.05, 4.69) is 4.98 Å². The van der Waals surface area contributed by atoms with E-state index >= 15 is 0 Å². The van der Waals surface area contributed by atoms with Crippen molar-refractivity contribution in [2.45, 2.75) is 0 Å². The predicted molar refractivity (Wildman–Crippen MR) is 97.9 cm³/mol. The molecule has 1 aromatic heterocycles. The van der Waals surface area contributed by atoms with Gasteiger partial charge in [-0.1, -0.05) is 18.2 Å². The summed E-state index contributed by atoms with van der Waals surface area (Å²) in [6.45, 7) is 0. The van der Waals surface area contributed by atoms with Crippen molar-refractivity contribution in [3.05, 3.63) is 83.9 Å². The first-order chi connectivity index (χ1) is 12.1. The number of thiocarbonyl (C=S) groups is 1. The average molecular weight is 351 g/mol. The van der Waals surface area contributed by atoms with E-state index in [-0.39, 0.29) is 5.05 Å². The molecule has 0 aliphatic heterocycles. The van der Waals surface area contributed by atoms with Crippen LogP contribution in [0, 0.1) is 11.6 Å². The van der Waals surface area contributed by atoms with E-state index in [1.165, 1.54) is 24.3 Å².